The summed E-state index contributed by atoms with van der Waals surface area (Å²) >= 11 is 0. The third kappa shape index (κ3) is 4.35. The largest absolute Gasteiger partial charge is 0.273 e. The van der Waals surface area contributed by atoms with Gasteiger partial charge in [-0.15, -0.1) is 0 Å². The highest BCUT2D eigenvalue weighted by Crippen LogP contribution is 2.27. The number of carbonyl (C=O) groups is 1. The van der Waals surface area contributed by atoms with Crippen molar-refractivity contribution in [2.45, 2.75) is 59.6 Å². The molecule has 0 aromatic heterocycles. The number of amides is 1. The van der Waals surface area contributed by atoms with Gasteiger partial charge >= 0.3 is 0 Å². The van der Waals surface area contributed by atoms with Crippen molar-refractivity contribution >= 4 is 5.91 Å². The van der Waals surface area contributed by atoms with Crippen molar-refractivity contribution in [2.24, 2.45) is 0 Å². The van der Waals surface area contributed by atoms with E-state index in [0.29, 0.717) is 6.42 Å². The van der Waals surface area contributed by atoms with Gasteiger partial charge in [0.15, 0.2) is 0 Å². The van der Waals surface area contributed by atoms with E-state index in [2.05, 4.69) is 13.0 Å². The van der Waals surface area contributed by atoms with Crippen molar-refractivity contribution in [1.29, 1.82) is 0 Å². The topological polar surface area (TPSA) is 29.5 Å². The highest BCUT2D eigenvalue weighted by atomic mass is 16.7. The lowest BCUT2D eigenvalue weighted by Crippen LogP contribution is -2.40. The van der Waals surface area contributed by atoms with Crippen LogP contribution in [0.5, 0.6) is 0 Å². The molecule has 0 aliphatic carbocycles. The van der Waals surface area contributed by atoms with Crippen molar-refractivity contribution in [1.82, 2.24) is 5.06 Å². The second-order valence-electron chi connectivity index (χ2n) is 5.81. The summed E-state index contributed by atoms with van der Waals surface area (Å²) in [5.41, 5.74) is 1.90. The monoisotopic (exact) mass is 263 g/mol. The molecule has 3 heteroatoms. The Kier molecular flexibility index (Phi) is 5.12. The van der Waals surface area contributed by atoms with Gasteiger partial charge in [0.2, 0.25) is 5.91 Å². The van der Waals surface area contributed by atoms with E-state index in [1.807, 2.05) is 52.8 Å². The molecule has 0 saturated heterocycles. The van der Waals surface area contributed by atoms with Crippen molar-refractivity contribution in [2.75, 3.05) is 0 Å². The number of carbonyl (C=O) groups excluding carboxylic acids is 1. The molecule has 0 saturated carbocycles. The predicted molar refractivity (Wildman–Crippen MR) is 77.6 cm³/mol. The van der Waals surface area contributed by atoms with Crippen LogP contribution in [0.1, 0.15) is 58.2 Å². The fourth-order valence-corrected chi connectivity index (χ4v) is 1.98. The summed E-state index contributed by atoms with van der Waals surface area (Å²) in [6.45, 7) is 11.8. The van der Waals surface area contributed by atoms with Crippen LogP contribution in [0.4, 0.5) is 0 Å². The van der Waals surface area contributed by atoms with Crippen LogP contribution in [-0.2, 0) is 9.63 Å². The van der Waals surface area contributed by atoms with E-state index in [-0.39, 0.29) is 17.6 Å². The molecule has 1 atom stereocenters. The summed E-state index contributed by atoms with van der Waals surface area (Å²) < 4.78 is 0. The molecule has 106 valence electrons. The molecular weight excluding hydrogens is 238 g/mol. The number of aryl methyl sites for hydroxylation is 1. The molecule has 1 amide bonds. The Hall–Kier alpha value is -1.35. The van der Waals surface area contributed by atoms with E-state index in [9.17, 15) is 4.79 Å². The standard InChI is InChI=1S/C16H25NO2/c1-7-15(18)17(19-16(4,5)6)13(3)14-11-9-8-10-12(14)2/h8-11,13H,7H2,1-6H3. The minimum atomic E-state index is -0.387. The fourth-order valence-electron chi connectivity index (χ4n) is 1.98. The fraction of sp³-hybridized carbons (Fsp3) is 0.562. The Morgan fingerprint density at radius 3 is 2.37 bits per heavy atom. The second-order valence-corrected chi connectivity index (χ2v) is 5.81. The van der Waals surface area contributed by atoms with E-state index >= 15 is 0 Å². The molecule has 0 N–H and O–H groups in total. The summed E-state index contributed by atoms with van der Waals surface area (Å²) in [6.07, 6.45) is 0.437. The van der Waals surface area contributed by atoms with Crippen LogP contribution in [0.25, 0.3) is 0 Å². The molecule has 0 radical (unpaired) electrons. The zero-order chi connectivity index (χ0) is 14.6. The number of nitrogens with zero attached hydrogens (tertiary/aromatic N) is 1. The normalized spacial score (nSPS) is 13.2. The third-order valence-corrected chi connectivity index (χ3v) is 2.91. The summed E-state index contributed by atoms with van der Waals surface area (Å²) in [4.78, 5) is 18.0. The number of hydrogen-bond acceptors (Lipinski definition) is 2. The minimum absolute atomic E-state index is 0.00526. The molecular formula is C16H25NO2. The second kappa shape index (κ2) is 6.20. The predicted octanol–water partition coefficient (Wildman–Crippen LogP) is 4.02. The van der Waals surface area contributed by atoms with Crippen molar-refractivity contribution in [3.8, 4) is 0 Å². The highest BCUT2D eigenvalue weighted by Gasteiger charge is 2.27. The van der Waals surface area contributed by atoms with Crippen LogP contribution in [0.15, 0.2) is 24.3 Å². The van der Waals surface area contributed by atoms with Gasteiger partial charge in [-0.2, -0.15) is 0 Å². The summed E-state index contributed by atoms with van der Waals surface area (Å²) in [7, 11) is 0. The lowest BCUT2D eigenvalue weighted by Gasteiger charge is -2.34. The van der Waals surface area contributed by atoms with Crippen LogP contribution < -0.4 is 0 Å². The quantitative estimate of drug-likeness (QED) is 0.768. The van der Waals surface area contributed by atoms with E-state index in [1.165, 1.54) is 10.6 Å². The van der Waals surface area contributed by atoms with Gasteiger partial charge in [0.05, 0.1) is 11.6 Å². The Balaban J connectivity index is 3.04. The molecule has 1 unspecified atom stereocenters. The molecule has 0 heterocycles. The molecule has 3 nitrogen and oxygen atoms in total. The van der Waals surface area contributed by atoms with Crippen molar-refractivity contribution in [3.05, 3.63) is 35.4 Å². The van der Waals surface area contributed by atoms with Crippen LogP contribution in [0, 0.1) is 6.92 Å². The zero-order valence-electron chi connectivity index (χ0n) is 12.9. The first-order valence-corrected chi connectivity index (χ1v) is 6.83. The number of rotatable bonds is 4. The average molecular weight is 263 g/mol. The number of benzene rings is 1. The summed E-state index contributed by atoms with van der Waals surface area (Å²) in [5, 5.41) is 1.52. The molecule has 0 spiro atoms. The van der Waals surface area contributed by atoms with E-state index < -0.39 is 0 Å². The zero-order valence-corrected chi connectivity index (χ0v) is 12.9. The Bertz CT molecular complexity index is 435. The molecule has 0 fully saturated rings. The highest BCUT2D eigenvalue weighted by molar-refractivity contribution is 5.75. The van der Waals surface area contributed by atoms with Gasteiger partial charge in [0.25, 0.3) is 0 Å². The summed E-state index contributed by atoms with van der Waals surface area (Å²) in [6, 6.07) is 8.00. The number of hydrogen-bond donors (Lipinski definition) is 0. The first-order chi connectivity index (χ1) is 8.76. The maximum absolute atomic E-state index is 12.1. The van der Waals surface area contributed by atoms with Crippen molar-refractivity contribution in [3.63, 3.8) is 0 Å². The average Bonchev–Trinajstić information content (AvgIpc) is 2.34. The van der Waals surface area contributed by atoms with E-state index in [0.717, 1.165) is 5.56 Å². The van der Waals surface area contributed by atoms with Crippen LogP contribution in [0.3, 0.4) is 0 Å². The first kappa shape index (κ1) is 15.7. The Morgan fingerprint density at radius 2 is 1.89 bits per heavy atom. The lowest BCUT2D eigenvalue weighted by molar-refractivity contribution is -0.242. The minimum Gasteiger partial charge on any atom is -0.273 e. The molecule has 1 aromatic rings. The Labute approximate surface area is 116 Å². The summed E-state index contributed by atoms with van der Waals surface area (Å²) in [5.74, 6) is 0.00526. The molecule has 0 aliphatic heterocycles. The van der Waals surface area contributed by atoms with Gasteiger partial charge in [-0.3, -0.25) is 9.63 Å². The number of hydroxylamine groups is 2. The smallest absolute Gasteiger partial charge is 0.246 e. The maximum Gasteiger partial charge on any atom is 0.246 e. The van der Waals surface area contributed by atoms with Crippen LogP contribution in [0.2, 0.25) is 0 Å². The maximum atomic E-state index is 12.1. The molecule has 1 rings (SSSR count). The van der Waals surface area contributed by atoms with E-state index in [4.69, 9.17) is 4.84 Å². The van der Waals surface area contributed by atoms with Crippen LogP contribution >= 0.6 is 0 Å². The molecule has 0 aliphatic rings. The van der Waals surface area contributed by atoms with Gasteiger partial charge < -0.3 is 0 Å². The van der Waals surface area contributed by atoms with Gasteiger partial charge in [0, 0.05) is 6.42 Å². The molecule has 1 aromatic carbocycles. The Morgan fingerprint density at radius 1 is 1.32 bits per heavy atom. The molecule has 0 bridgehead atoms. The van der Waals surface area contributed by atoms with E-state index in [1.54, 1.807) is 0 Å². The van der Waals surface area contributed by atoms with Gasteiger partial charge in [-0.1, -0.05) is 31.2 Å². The van der Waals surface area contributed by atoms with Crippen molar-refractivity contribution < 1.29 is 9.63 Å². The van der Waals surface area contributed by atoms with Gasteiger partial charge in [0.1, 0.15) is 0 Å². The lowest BCUT2D eigenvalue weighted by atomic mass is 10.0. The van der Waals surface area contributed by atoms with Crippen LogP contribution in [-0.4, -0.2) is 16.6 Å². The first-order valence-electron chi connectivity index (χ1n) is 6.83. The third-order valence-electron chi connectivity index (χ3n) is 2.91. The molecule has 19 heavy (non-hydrogen) atoms. The van der Waals surface area contributed by atoms with Gasteiger partial charge in [-0.25, -0.2) is 5.06 Å². The van der Waals surface area contributed by atoms with Gasteiger partial charge in [-0.05, 0) is 45.7 Å². The SMILES string of the molecule is CCC(=O)N(OC(C)(C)C)C(C)c1ccccc1C.